The van der Waals surface area contributed by atoms with Gasteiger partial charge in [-0.3, -0.25) is 18.7 Å². The molecule has 10 heteroatoms. The Balaban J connectivity index is 1.62. The van der Waals surface area contributed by atoms with Gasteiger partial charge >= 0.3 is 17.6 Å². The Morgan fingerprint density at radius 2 is 1.87 bits per heavy atom. The zero-order chi connectivity index (χ0) is 22.9. The summed E-state index contributed by atoms with van der Waals surface area (Å²) < 4.78 is 14.2. The number of nitrogens with zero attached hydrogens (tertiary/aromatic N) is 4. The fourth-order valence-corrected chi connectivity index (χ4v) is 4.29. The first-order valence-electron chi connectivity index (χ1n) is 10.6. The van der Waals surface area contributed by atoms with Crippen molar-refractivity contribution in [3.05, 3.63) is 27.2 Å². The van der Waals surface area contributed by atoms with Crippen molar-refractivity contribution in [3.63, 3.8) is 0 Å². The van der Waals surface area contributed by atoms with E-state index in [1.165, 1.54) is 29.6 Å². The summed E-state index contributed by atoms with van der Waals surface area (Å²) in [6, 6.07) is 0. The number of hydrogen-bond donors (Lipinski definition) is 0. The Labute approximate surface area is 179 Å². The molecule has 0 bridgehead atoms. The Kier molecular flexibility index (Phi) is 6.66. The van der Waals surface area contributed by atoms with E-state index in [9.17, 15) is 19.2 Å². The summed E-state index contributed by atoms with van der Waals surface area (Å²) in [5, 5.41) is 0. The molecule has 1 fully saturated rings. The van der Waals surface area contributed by atoms with Crippen LogP contribution in [0.25, 0.3) is 11.2 Å². The van der Waals surface area contributed by atoms with Crippen LogP contribution in [0.15, 0.2) is 15.9 Å². The van der Waals surface area contributed by atoms with Crippen molar-refractivity contribution in [3.8, 4) is 0 Å². The number of rotatable bonds is 6. The summed E-state index contributed by atoms with van der Waals surface area (Å²) in [7, 11) is 2.85. The van der Waals surface area contributed by atoms with Gasteiger partial charge in [0.25, 0.3) is 5.56 Å². The molecule has 10 nitrogen and oxygen atoms in total. The maximum atomic E-state index is 12.4. The van der Waals surface area contributed by atoms with E-state index >= 15 is 0 Å². The van der Waals surface area contributed by atoms with Crippen molar-refractivity contribution in [1.29, 1.82) is 0 Å². The lowest BCUT2D eigenvalue weighted by atomic mass is 9.75. The summed E-state index contributed by atoms with van der Waals surface area (Å²) in [6.07, 6.45) is 4.07. The Bertz CT molecular complexity index is 1100. The molecule has 0 aromatic carbocycles. The normalized spacial score (nSPS) is 21.4. The van der Waals surface area contributed by atoms with Crippen LogP contribution < -0.4 is 11.2 Å². The number of aromatic nitrogens is 4. The minimum atomic E-state index is -0.704. The van der Waals surface area contributed by atoms with Crippen LogP contribution in [0.3, 0.4) is 0 Å². The van der Waals surface area contributed by atoms with Crippen LogP contribution in [0, 0.1) is 17.8 Å². The second-order valence-electron chi connectivity index (χ2n) is 8.77. The molecule has 3 atom stereocenters. The van der Waals surface area contributed by atoms with Crippen LogP contribution in [0.2, 0.25) is 0 Å². The third-order valence-corrected chi connectivity index (χ3v) is 6.11. The lowest BCUT2D eigenvalue weighted by Crippen LogP contribution is -2.38. The van der Waals surface area contributed by atoms with E-state index in [1.807, 2.05) is 0 Å². The van der Waals surface area contributed by atoms with Crippen LogP contribution in [-0.2, 0) is 39.7 Å². The number of fused-ring (bicyclic) bond motifs is 1. The van der Waals surface area contributed by atoms with Gasteiger partial charge in [0.05, 0.1) is 6.33 Å². The molecule has 3 rings (SSSR count). The second kappa shape index (κ2) is 9.07. The molecule has 170 valence electrons. The number of imidazole rings is 1. The highest BCUT2D eigenvalue weighted by molar-refractivity contribution is 5.78. The molecule has 0 spiro atoms. The van der Waals surface area contributed by atoms with Gasteiger partial charge in [-0.05, 0) is 30.6 Å². The molecular formula is C21H30N4O6. The van der Waals surface area contributed by atoms with E-state index in [-0.39, 0.29) is 23.8 Å². The Hall–Kier alpha value is -2.91. The van der Waals surface area contributed by atoms with Crippen molar-refractivity contribution in [2.45, 2.75) is 52.7 Å². The molecule has 3 unspecified atom stereocenters. The molecule has 0 amide bonds. The van der Waals surface area contributed by atoms with E-state index in [2.05, 4.69) is 25.8 Å². The SMILES string of the molecule is CC1CCC(C(C)C)C(OC(=O)COC(=O)Cn2cnc3c2c(=O)n(C)c(=O)n3C)C1. The molecule has 0 aliphatic heterocycles. The van der Waals surface area contributed by atoms with Gasteiger partial charge in [-0.1, -0.05) is 27.2 Å². The quantitative estimate of drug-likeness (QED) is 0.623. The monoisotopic (exact) mass is 434 g/mol. The van der Waals surface area contributed by atoms with Crippen molar-refractivity contribution in [2.75, 3.05) is 6.61 Å². The van der Waals surface area contributed by atoms with Crippen molar-refractivity contribution in [1.82, 2.24) is 18.7 Å². The summed E-state index contributed by atoms with van der Waals surface area (Å²) >= 11 is 0. The molecular weight excluding hydrogens is 404 g/mol. The molecule has 31 heavy (non-hydrogen) atoms. The van der Waals surface area contributed by atoms with E-state index in [0.717, 1.165) is 23.8 Å². The van der Waals surface area contributed by atoms with Crippen molar-refractivity contribution in [2.24, 2.45) is 31.8 Å². The number of ether oxygens (including phenoxy) is 2. The predicted octanol–water partition coefficient (Wildman–Crippen LogP) is 0.981. The third-order valence-electron chi connectivity index (χ3n) is 6.11. The Morgan fingerprint density at radius 1 is 1.16 bits per heavy atom. The first-order chi connectivity index (χ1) is 14.6. The van der Waals surface area contributed by atoms with Crippen LogP contribution in [0.5, 0.6) is 0 Å². The predicted molar refractivity (Wildman–Crippen MR) is 112 cm³/mol. The van der Waals surface area contributed by atoms with E-state index < -0.39 is 29.8 Å². The maximum absolute atomic E-state index is 12.4. The first kappa shape index (κ1) is 22.8. The molecule has 1 saturated carbocycles. The van der Waals surface area contributed by atoms with Gasteiger partial charge in [-0.15, -0.1) is 0 Å². The van der Waals surface area contributed by atoms with E-state index in [0.29, 0.717) is 17.8 Å². The van der Waals surface area contributed by atoms with Gasteiger partial charge in [0, 0.05) is 14.1 Å². The molecule has 1 aliphatic carbocycles. The largest absolute Gasteiger partial charge is 0.460 e. The maximum Gasteiger partial charge on any atom is 0.344 e. The molecule has 0 saturated heterocycles. The number of aryl methyl sites for hydroxylation is 1. The number of carbonyl (C=O) groups is 2. The average Bonchev–Trinajstić information content (AvgIpc) is 3.12. The molecule has 2 aromatic heterocycles. The average molecular weight is 434 g/mol. The number of esters is 2. The summed E-state index contributed by atoms with van der Waals surface area (Å²) in [4.78, 5) is 53.0. The molecule has 0 N–H and O–H groups in total. The standard InChI is InChI=1S/C21H30N4O6/c1-12(2)14-7-6-13(3)8-15(14)31-17(27)10-30-16(26)9-25-11-22-19-18(25)20(28)24(5)21(29)23(19)4/h11-15H,6-10H2,1-5H3. The highest BCUT2D eigenvalue weighted by Gasteiger charge is 2.33. The highest BCUT2D eigenvalue weighted by atomic mass is 16.6. The van der Waals surface area contributed by atoms with Gasteiger partial charge in [0.2, 0.25) is 0 Å². The summed E-state index contributed by atoms with van der Waals surface area (Å²) in [5.41, 5.74) is -0.787. The molecule has 2 aromatic rings. The van der Waals surface area contributed by atoms with Gasteiger partial charge in [-0.2, -0.15) is 0 Å². The van der Waals surface area contributed by atoms with Crippen molar-refractivity contribution < 1.29 is 19.1 Å². The van der Waals surface area contributed by atoms with Gasteiger partial charge in [0.15, 0.2) is 17.8 Å². The van der Waals surface area contributed by atoms with E-state index in [4.69, 9.17) is 9.47 Å². The highest BCUT2D eigenvalue weighted by Crippen LogP contribution is 2.35. The lowest BCUT2D eigenvalue weighted by Gasteiger charge is -2.36. The van der Waals surface area contributed by atoms with Crippen LogP contribution in [0.1, 0.15) is 40.0 Å². The summed E-state index contributed by atoms with van der Waals surface area (Å²) in [6.45, 7) is 5.59. The number of carbonyl (C=O) groups excluding carboxylic acids is 2. The zero-order valence-corrected chi connectivity index (χ0v) is 18.7. The first-order valence-corrected chi connectivity index (χ1v) is 10.6. The Morgan fingerprint density at radius 3 is 2.55 bits per heavy atom. The third kappa shape index (κ3) is 4.72. The minimum Gasteiger partial charge on any atom is -0.460 e. The second-order valence-corrected chi connectivity index (χ2v) is 8.77. The minimum absolute atomic E-state index is 0.111. The summed E-state index contributed by atoms with van der Waals surface area (Å²) in [5.74, 6) is -0.0862. The topological polar surface area (TPSA) is 114 Å². The van der Waals surface area contributed by atoms with Gasteiger partial charge in [0.1, 0.15) is 12.6 Å². The zero-order valence-electron chi connectivity index (χ0n) is 18.7. The lowest BCUT2D eigenvalue weighted by molar-refractivity contribution is -0.167. The van der Waals surface area contributed by atoms with Gasteiger partial charge in [-0.25, -0.2) is 14.6 Å². The molecule has 0 radical (unpaired) electrons. The van der Waals surface area contributed by atoms with Gasteiger partial charge < -0.3 is 14.0 Å². The van der Waals surface area contributed by atoms with E-state index in [1.54, 1.807) is 0 Å². The smallest absolute Gasteiger partial charge is 0.344 e. The molecule has 1 aliphatic rings. The molecule has 2 heterocycles. The van der Waals surface area contributed by atoms with Crippen LogP contribution in [0.4, 0.5) is 0 Å². The van der Waals surface area contributed by atoms with Crippen LogP contribution >= 0.6 is 0 Å². The number of hydrogen-bond acceptors (Lipinski definition) is 7. The van der Waals surface area contributed by atoms with Crippen molar-refractivity contribution >= 4 is 23.1 Å². The fourth-order valence-electron chi connectivity index (χ4n) is 4.29. The fraction of sp³-hybridized carbons (Fsp3) is 0.667. The van der Waals surface area contributed by atoms with Crippen LogP contribution in [-0.4, -0.2) is 43.3 Å².